The zero-order valence-electron chi connectivity index (χ0n) is 12.9. The van der Waals surface area contributed by atoms with Crippen LogP contribution in [-0.4, -0.2) is 39.6 Å². The zero-order valence-corrected chi connectivity index (χ0v) is 12.9. The molecule has 4 nitrogen and oxygen atoms in total. The Hall–Kier alpha value is -1.17. The summed E-state index contributed by atoms with van der Waals surface area (Å²) in [5.41, 5.74) is 0.387. The van der Waals surface area contributed by atoms with Gasteiger partial charge < -0.3 is 19.5 Å². The van der Waals surface area contributed by atoms with Gasteiger partial charge in [-0.3, -0.25) is 0 Å². The summed E-state index contributed by atoms with van der Waals surface area (Å²) in [6.07, 6.45) is 1.54. The van der Waals surface area contributed by atoms with E-state index in [1.54, 1.807) is 13.2 Å². The molecule has 0 amide bonds. The van der Waals surface area contributed by atoms with Gasteiger partial charge in [0.25, 0.3) is 0 Å². The maximum absolute atomic E-state index is 13.7. The smallest absolute Gasteiger partial charge is 0.123 e. The molecule has 1 aromatic rings. The lowest BCUT2D eigenvalue weighted by Crippen LogP contribution is -2.49. The lowest BCUT2D eigenvalue weighted by Gasteiger charge is -2.43. The number of benzene rings is 1. The molecule has 0 radical (unpaired) electrons. The molecule has 5 heteroatoms. The van der Waals surface area contributed by atoms with E-state index in [1.165, 1.54) is 12.1 Å². The second kappa shape index (κ2) is 7.20. The first kappa shape index (κ1) is 16.2. The van der Waals surface area contributed by atoms with Crippen LogP contribution in [0.5, 0.6) is 5.75 Å². The van der Waals surface area contributed by atoms with Crippen molar-refractivity contribution < 1.29 is 18.6 Å². The maximum atomic E-state index is 13.7. The highest BCUT2D eigenvalue weighted by atomic mass is 19.1. The van der Waals surface area contributed by atoms with Crippen LogP contribution in [0.1, 0.15) is 31.4 Å². The summed E-state index contributed by atoms with van der Waals surface area (Å²) in [6.45, 7) is 3.88. The highest BCUT2D eigenvalue weighted by molar-refractivity contribution is 5.38. The topological polar surface area (TPSA) is 39.7 Å². The SMILES string of the molecule is CCOC1(C(NC)c2cc(F)ccc2OC)CCOCC1. The summed E-state index contributed by atoms with van der Waals surface area (Å²) < 4.78 is 30.7. The molecule has 2 rings (SSSR count). The predicted molar refractivity (Wildman–Crippen MR) is 79.2 cm³/mol. The molecule has 0 bridgehead atoms. The molecule has 21 heavy (non-hydrogen) atoms. The minimum atomic E-state index is -0.400. The van der Waals surface area contributed by atoms with Gasteiger partial charge in [-0.1, -0.05) is 0 Å². The van der Waals surface area contributed by atoms with E-state index >= 15 is 0 Å². The fourth-order valence-corrected chi connectivity index (χ4v) is 3.15. The monoisotopic (exact) mass is 297 g/mol. The molecule has 1 unspecified atom stereocenters. The van der Waals surface area contributed by atoms with Crippen molar-refractivity contribution in [1.29, 1.82) is 0 Å². The summed E-state index contributed by atoms with van der Waals surface area (Å²) in [4.78, 5) is 0. The average molecular weight is 297 g/mol. The molecule has 1 aliphatic heterocycles. The number of rotatable bonds is 6. The van der Waals surface area contributed by atoms with Gasteiger partial charge in [-0.15, -0.1) is 0 Å². The van der Waals surface area contributed by atoms with Crippen LogP contribution in [0.4, 0.5) is 4.39 Å². The number of likely N-dealkylation sites (N-methyl/N-ethyl adjacent to an activating group) is 1. The quantitative estimate of drug-likeness (QED) is 0.876. The van der Waals surface area contributed by atoms with Gasteiger partial charge in [0, 0.05) is 38.2 Å². The molecule has 0 aromatic heterocycles. The van der Waals surface area contributed by atoms with Crippen molar-refractivity contribution >= 4 is 0 Å². The highest BCUT2D eigenvalue weighted by Gasteiger charge is 2.42. The van der Waals surface area contributed by atoms with Crippen molar-refractivity contribution in [3.05, 3.63) is 29.6 Å². The van der Waals surface area contributed by atoms with Crippen LogP contribution < -0.4 is 10.1 Å². The van der Waals surface area contributed by atoms with E-state index in [2.05, 4.69) is 5.32 Å². The summed E-state index contributed by atoms with van der Waals surface area (Å²) >= 11 is 0. The zero-order chi connectivity index (χ0) is 15.3. The van der Waals surface area contributed by atoms with Crippen LogP contribution in [0.15, 0.2) is 18.2 Å². The van der Waals surface area contributed by atoms with Crippen LogP contribution >= 0.6 is 0 Å². The standard InChI is InChI=1S/C16H24FNO3/c1-4-21-16(7-9-20-10-8-16)15(18-2)13-11-12(17)5-6-14(13)19-3/h5-6,11,15,18H,4,7-10H2,1-3H3. The van der Waals surface area contributed by atoms with E-state index in [1.807, 2.05) is 14.0 Å². The van der Waals surface area contributed by atoms with Crippen molar-refractivity contribution in [2.45, 2.75) is 31.4 Å². The molecule has 0 spiro atoms. The van der Waals surface area contributed by atoms with E-state index in [4.69, 9.17) is 14.2 Å². The van der Waals surface area contributed by atoms with Gasteiger partial charge >= 0.3 is 0 Å². The number of nitrogens with one attached hydrogen (secondary N) is 1. The molecular formula is C16H24FNO3. The molecule has 0 aliphatic carbocycles. The summed E-state index contributed by atoms with van der Waals surface area (Å²) in [6, 6.07) is 4.45. The Morgan fingerprint density at radius 1 is 1.38 bits per heavy atom. The Morgan fingerprint density at radius 2 is 2.10 bits per heavy atom. The van der Waals surface area contributed by atoms with E-state index in [-0.39, 0.29) is 11.9 Å². The second-order valence-electron chi connectivity index (χ2n) is 5.22. The Morgan fingerprint density at radius 3 is 2.67 bits per heavy atom. The first-order valence-corrected chi connectivity index (χ1v) is 7.39. The molecule has 1 aromatic carbocycles. The first-order chi connectivity index (χ1) is 10.2. The number of hydrogen-bond donors (Lipinski definition) is 1. The fourth-order valence-electron chi connectivity index (χ4n) is 3.15. The van der Waals surface area contributed by atoms with Crippen LogP contribution in [0.2, 0.25) is 0 Å². The molecule has 1 saturated heterocycles. The summed E-state index contributed by atoms with van der Waals surface area (Å²) in [5.74, 6) is 0.395. The number of halogens is 1. The molecule has 1 heterocycles. The van der Waals surface area contributed by atoms with Gasteiger partial charge in [0.05, 0.1) is 18.8 Å². The minimum absolute atomic E-state index is 0.146. The van der Waals surface area contributed by atoms with E-state index < -0.39 is 5.60 Å². The fraction of sp³-hybridized carbons (Fsp3) is 0.625. The third kappa shape index (κ3) is 3.36. The Balaban J connectivity index is 2.42. The van der Waals surface area contributed by atoms with Crippen molar-refractivity contribution in [1.82, 2.24) is 5.32 Å². The van der Waals surface area contributed by atoms with Crippen LogP contribution in [0, 0.1) is 5.82 Å². The molecule has 1 fully saturated rings. The maximum Gasteiger partial charge on any atom is 0.123 e. The predicted octanol–water partition coefficient (Wildman–Crippen LogP) is 2.68. The summed E-state index contributed by atoms with van der Waals surface area (Å²) in [7, 11) is 3.46. The molecule has 0 saturated carbocycles. The van der Waals surface area contributed by atoms with Gasteiger partial charge in [0.2, 0.25) is 0 Å². The Kier molecular flexibility index (Phi) is 5.56. The van der Waals surface area contributed by atoms with Gasteiger partial charge in [0.1, 0.15) is 11.6 Å². The van der Waals surface area contributed by atoms with E-state index in [0.717, 1.165) is 18.4 Å². The van der Waals surface area contributed by atoms with Crippen LogP contribution in [-0.2, 0) is 9.47 Å². The number of hydrogen-bond acceptors (Lipinski definition) is 4. The van der Waals surface area contributed by atoms with Crippen LogP contribution in [0.25, 0.3) is 0 Å². The van der Waals surface area contributed by atoms with Crippen molar-refractivity contribution in [3.8, 4) is 5.75 Å². The molecule has 1 aliphatic rings. The Bertz CT molecular complexity index is 455. The van der Waals surface area contributed by atoms with Crippen LogP contribution in [0.3, 0.4) is 0 Å². The Labute approximate surface area is 125 Å². The summed E-state index contributed by atoms with van der Waals surface area (Å²) in [5, 5.41) is 3.29. The van der Waals surface area contributed by atoms with Gasteiger partial charge in [0.15, 0.2) is 0 Å². The van der Waals surface area contributed by atoms with Crippen molar-refractivity contribution in [3.63, 3.8) is 0 Å². The molecule has 118 valence electrons. The van der Waals surface area contributed by atoms with Crippen molar-refractivity contribution in [2.75, 3.05) is 34.0 Å². The molecule has 1 N–H and O–H groups in total. The van der Waals surface area contributed by atoms with Gasteiger partial charge in [-0.2, -0.15) is 0 Å². The second-order valence-corrected chi connectivity index (χ2v) is 5.22. The van der Waals surface area contributed by atoms with E-state index in [0.29, 0.717) is 25.6 Å². The van der Waals surface area contributed by atoms with Gasteiger partial charge in [-0.25, -0.2) is 4.39 Å². The average Bonchev–Trinajstić information content (AvgIpc) is 2.49. The number of methoxy groups -OCH3 is 1. The van der Waals surface area contributed by atoms with E-state index in [9.17, 15) is 4.39 Å². The lowest BCUT2D eigenvalue weighted by atomic mass is 9.81. The third-order valence-corrected chi connectivity index (χ3v) is 4.09. The first-order valence-electron chi connectivity index (χ1n) is 7.39. The highest BCUT2D eigenvalue weighted by Crippen LogP contribution is 2.41. The normalized spacial score (nSPS) is 19.2. The van der Waals surface area contributed by atoms with Gasteiger partial charge in [-0.05, 0) is 32.2 Å². The molecular weight excluding hydrogens is 273 g/mol. The number of ether oxygens (including phenoxy) is 3. The lowest BCUT2D eigenvalue weighted by molar-refractivity contribution is -0.127. The molecule has 1 atom stereocenters. The van der Waals surface area contributed by atoms with Crippen molar-refractivity contribution in [2.24, 2.45) is 0 Å². The minimum Gasteiger partial charge on any atom is -0.496 e. The largest absolute Gasteiger partial charge is 0.496 e. The third-order valence-electron chi connectivity index (χ3n) is 4.09.